The van der Waals surface area contributed by atoms with Gasteiger partial charge in [0.05, 0.1) is 5.39 Å². The SMILES string of the molecule is Cc1cc(NC(=O)OCc2ccccc2)c2c(ccc[n+]2[O-])c1. The zero-order chi connectivity index (χ0) is 16.2. The molecule has 0 aliphatic rings. The Morgan fingerprint density at radius 2 is 1.96 bits per heavy atom. The van der Waals surface area contributed by atoms with E-state index < -0.39 is 6.09 Å². The standard InChI is InChI=1S/C18H16N2O3/c1-13-10-15-8-5-9-20(22)17(15)16(11-13)19-18(21)23-12-14-6-3-2-4-7-14/h2-11H,12H2,1H3,(H,19,21). The van der Waals surface area contributed by atoms with Gasteiger partial charge in [-0.2, -0.15) is 4.73 Å². The molecule has 1 heterocycles. The van der Waals surface area contributed by atoms with E-state index >= 15 is 0 Å². The van der Waals surface area contributed by atoms with Gasteiger partial charge in [-0.25, -0.2) is 4.79 Å². The molecule has 0 unspecified atom stereocenters. The van der Waals surface area contributed by atoms with Crippen LogP contribution < -0.4 is 10.0 Å². The number of pyridine rings is 1. The van der Waals surface area contributed by atoms with Gasteiger partial charge in [0.2, 0.25) is 5.52 Å². The van der Waals surface area contributed by atoms with Gasteiger partial charge in [0.25, 0.3) is 0 Å². The number of aromatic nitrogens is 1. The van der Waals surface area contributed by atoms with Crippen LogP contribution in [0.25, 0.3) is 10.9 Å². The predicted molar refractivity (Wildman–Crippen MR) is 87.9 cm³/mol. The molecule has 0 radical (unpaired) electrons. The number of anilines is 1. The van der Waals surface area contributed by atoms with Crippen LogP contribution in [-0.4, -0.2) is 6.09 Å². The largest absolute Gasteiger partial charge is 0.618 e. The first-order valence-electron chi connectivity index (χ1n) is 7.24. The summed E-state index contributed by atoms with van der Waals surface area (Å²) in [6, 6.07) is 16.6. The molecular formula is C18H16N2O3. The predicted octanol–water partition coefficient (Wildman–Crippen LogP) is 3.53. The number of nitrogens with zero attached hydrogens (tertiary/aromatic N) is 1. The molecule has 5 nitrogen and oxygen atoms in total. The summed E-state index contributed by atoms with van der Waals surface area (Å²) in [7, 11) is 0. The Morgan fingerprint density at radius 1 is 1.17 bits per heavy atom. The van der Waals surface area contributed by atoms with Crippen molar-refractivity contribution in [2.24, 2.45) is 0 Å². The van der Waals surface area contributed by atoms with Crippen molar-refractivity contribution in [3.05, 3.63) is 77.1 Å². The number of carbonyl (C=O) groups excluding carboxylic acids is 1. The van der Waals surface area contributed by atoms with Crippen LogP contribution in [0.1, 0.15) is 11.1 Å². The number of aryl methyl sites for hydroxylation is 1. The van der Waals surface area contributed by atoms with Gasteiger partial charge in [-0.3, -0.25) is 5.32 Å². The molecule has 0 saturated heterocycles. The maximum Gasteiger partial charge on any atom is 0.412 e. The van der Waals surface area contributed by atoms with Crippen LogP contribution in [0.3, 0.4) is 0 Å². The van der Waals surface area contributed by atoms with Crippen molar-refractivity contribution in [3.63, 3.8) is 0 Å². The number of benzene rings is 2. The second kappa shape index (κ2) is 6.36. The summed E-state index contributed by atoms with van der Waals surface area (Å²) in [5, 5.41) is 15.4. The van der Waals surface area contributed by atoms with Crippen LogP contribution in [0.2, 0.25) is 0 Å². The lowest BCUT2D eigenvalue weighted by molar-refractivity contribution is -0.576. The number of fused-ring (bicyclic) bond motifs is 1. The summed E-state index contributed by atoms with van der Waals surface area (Å²) < 4.78 is 5.94. The fourth-order valence-electron chi connectivity index (χ4n) is 2.44. The second-order valence-corrected chi connectivity index (χ2v) is 5.27. The highest BCUT2D eigenvalue weighted by Crippen LogP contribution is 2.22. The van der Waals surface area contributed by atoms with Crippen molar-refractivity contribution in [1.29, 1.82) is 0 Å². The Labute approximate surface area is 133 Å². The van der Waals surface area contributed by atoms with Gasteiger partial charge in [0, 0.05) is 6.07 Å². The zero-order valence-corrected chi connectivity index (χ0v) is 12.7. The molecule has 23 heavy (non-hydrogen) atoms. The quantitative estimate of drug-likeness (QED) is 0.594. The monoisotopic (exact) mass is 308 g/mol. The van der Waals surface area contributed by atoms with Crippen LogP contribution in [0.15, 0.2) is 60.8 Å². The van der Waals surface area contributed by atoms with Gasteiger partial charge in [-0.15, -0.1) is 0 Å². The first kappa shape index (κ1) is 14.8. The van der Waals surface area contributed by atoms with E-state index in [9.17, 15) is 10.0 Å². The maximum atomic E-state index is 12.0. The molecule has 2 aromatic carbocycles. The molecule has 5 heteroatoms. The highest BCUT2D eigenvalue weighted by Gasteiger charge is 2.14. The highest BCUT2D eigenvalue weighted by atomic mass is 16.5. The third-order valence-corrected chi connectivity index (χ3v) is 3.45. The number of hydrogen-bond acceptors (Lipinski definition) is 3. The molecule has 0 saturated carbocycles. The van der Waals surface area contributed by atoms with Gasteiger partial charge < -0.3 is 9.94 Å². The topological polar surface area (TPSA) is 65.3 Å². The Kier molecular flexibility index (Phi) is 4.10. The van der Waals surface area contributed by atoms with E-state index in [1.165, 1.54) is 6.20 Å². The van der Waals surface area contributed by atoms with Crippen molar-refractivity contribution in [2.75, 3.05) is 5.32 Å². The van der Waals surface area contributed by atoms with Crippen molar-refractivity contribution in [2.45, 2.75) is 13.5 Å². The molecule has 116 valence electrons. The minimum atomic E-state index is -0.593. The van der Waals surface area contributed by atoms with Crippen LogP contribution in [0.4, 0.5) is 10.5 Å². The molecule has 0 fully saturated rings. The van der Waals surface area contributed by atoms with Gasteiger partial charge in [-0.05, 0) is 36.2 Å². The summed E-state index contributed by atoms with van der Waals surface area (Å²) in [5.41, 5.74) is 2.70. The van der Waals surface area contributed by atoms with Crippen LogP contribution >= 0.6 is 0 Å². The third-order valence-electron chi connectivity index (χ3n) is 3.45. The molecule has 0 spiro atoms. The smallest absolute Gasteiger partial charge is 0.412 e. The molecule has 1 N–H and O–H groups in total. The maximum absolute atomic E-state index is 12.0. The summed E-state index contributed by atoms with van der Waals surface area (Å²) in [6.07, 6.45) is 0.808. The van der Waals surface area contributed by atoms with E-state index in [4.69, 9.17) is 4.74 Å². The molecule has 0 bridgehead atoms. The van der Waals surface area contributed by atoms with E-state index in [2.05, 4.69) is 5.32 Å². The second-order valence-electron chi connectivity index (χ2n) is 5.27. The number of nitrogens with one attached hydrogen (secondary N) is 1. The van der Waals surface area contributed by atoms with E-state index in [0.717, 1.165) is 21.2 Å². The van der Waals surface area contributed by atoms with Crippen LogP contribution in [0.5, 0.6) is 0 Å². The number of amides is 1. The summed E-state index contributed by atoms with van der Waals surface area (Å²) >= 11 is 0. The van der Waals surface area contributed by atoms with Crippen molar-refractivity contribution >= 4 is 22.7 Å². The normalized spacial score (nSPS) is 10.5. The highest BCUT2D eigenvalue weighted by molar-refractivity contribution is 5.96. The van der Waals surface area contributed by atoms with Gasteiger partial charge in [-0.1, -0.05) is 30.3 Å². The first-order chi connectivity index (χ1) is 11.1. The Morgan fingerprint density at radius 3 is 2.74 bits per heavy atom. The number of hydrogen-bond donors (Lipinski definition) is 1. The lowest BCUT2D eigenvalue weighted by Gasteiger charge is -2.10. The molecular weight excluding hydrogens is 292 g/mol. The first-order valence-corrected chi connectivity index (χ1v) is 7.24. The van der Waals surface area contributed by atoms with Gasteiger partial charge in [0.1, 0.15) is 12.3 Å². The van der Waals surface area contributed by atoms with Crippen molar-refractivity contribution < 1.29 is 14.3 Å². The van der Waals surface area contributed by atoms with Gasteiger partial charge in [0.15, 0.2) is 6.20 Å². The van der Waals surface area contributed by atoms with E-state index in [1.807, 2.05) is 49.4 Å². The summed E-state index contributed by atoms with van der Waals surface area (Å²) in [5.74, 6) is 0. The number of ether oxygens (including phenoxy) is 1. The minimum absolute atomic E-state index is 0.174. The fraction of sp³-hybridized carbons (Fsp3) is 0.111. The molecule has 1 amide bonds. The molecule has 0 aliphatic carbocycles. The van der Waals surface area contributed by atoms with Crippen molar-refractivity contribution in [3.8, 4) is 0 Å². The number of carbonyl (C=O) groups is 1. The summed E-state index contributed by atoms with van der Waals surface area (Å²) in [6.45, 7) is 2.08. The fourth-order valence-corrected chi connectivity index (χ4v) is 2.44. The lowest BCUT2D eigenvalue weighted by atomic mass is 10.1. The molecule has 0 aliphatic heterocycles. The molecule has 3 rings (SSSR count). The van der Waals surface area contributed by atoms with E-state index in [0.29, 0.717) is 11.2 Å². The Bertz CT molecular complexity index is 848. The van der Waals surface area contributed by atoms with Crippen molar-refractivity contribution in [1.82, 2.24) is 0 Å². The van der Waals surface area contributed by atoms with Gasteiger partial charge >= 0.3 is 6.09 Å². The Balaban J connectivity index is 1.79. The Hall–Kier alpha value is -3.08. The van der Waals surface area contributed by atoms with E-state index in [1.54, 1.807) is 12.1 Å². The zero-order valence-electron chi connectivity index (χ0n) is 12.7. The van der Waals surface area contributed by atoms with Crippen LogP contribution in [0, 0.1) is 12.1 Å². The molecule has 0 atom stereocenters. The van der Waals surface area contributed by atoms with Crippen LogP contribution in [-0.2, 0) is 11.3 Å². The minimum Gasteiger partial charge on any atom is -0.618 e. The average Bonchev–Trinajstić information content (AvgIpc) is 2.53. The third kappa shape index (κ3) is 3.40. The lowest BCUT2D eigenvalue weighted by Crippen LogP contribution is -2.28. The number of rotatable bonds is 3. The van der Waals surface area contributed by atoms with E-state index in [-0.39, 0.29) is 6.61 Å². The molecule has 3 aromatic rings. The summed E-state index contributed by atoms with van der Waals surface area (Å²) in [4.78, 5) is 12.0. The molecule has 1 aromatic heterocycles. The average molecular weight is 308 g/mol.